The first-order valence-electron chi connectivity index (χ1n) is 6.33. The molecule has 1 unspecified atom stereocenters. The molecule has 0 aliphatic rings. The van der Waals surface area contributed by atoms with Crippen molar-refractivity contribution >= 4 is 15.5 Å². The zero-order chi connectivity index (χ0) is 14.7. The maximum Gasteiger partial charge on any atom is 0.151 e. The highest BCUT2D eigenvalue weighted by molar-refractivity contribution is 7.22. The number of carbonyl (C=O) groups is 1. The Hall–Kier alpha value is -1.53. The molecule has 2 nitrogen and oxygen atoms in total. The summed E-state index contributed by atoms with van der Waals surface area (Å²) >= 11 is 0. The lowest BCUT2D eigenvalue weighted by atomic mass is 10.0. The first-order chi connectivity index (χ1) is 9.17. The van der Waals surface area contributed by atoms with Gasteiger partial charge in [0.15, 0.2) is 6.29 Å². The minimum atomic E-state index is 0.624. The van der Waals surface area contributed by atoms with Gasteiger partial charge in [0.25, 0.3) is 0 Å². The fourth-order valence-corrected chi connectivity index (χ4v) is 1.90. The summed E-state index contributed by atoms with van der Waals surface area (Å²) < 4.78 is 0. The van der Waals surface area contributed by atoms with Crippen LogP contribution < -0.4 is 0 Å². The Morgan fingerprint density at radius 1 is 1.47 bits per heavy atom. The molecular weight excluding hydrogens is 253 g/mol. The maximum absolute atomic E-state index is 10.8. The predicted octanol–water partition coefficient (Wildman–Crippen LogP) is 4.35. The minimum absolute atomic E-state index is 0.624. The van der Waals surface area contributed by atoms with Crippen LogP contribution in [0.1, 0.15) is 36.7 Å². The number of aromatic nitrogens is 1. The van der Waals surface area contributed by atoms with Crippen LogP contribution in [0.25, 0.3) is 0 Å². The molecule has 3 heteroatoms. The molecule has 0 saturated carbocycles. The second kappa shape index (κ2) is 10.4. The van der Waals surface area contributed by atoms with Crippen LogP contribution in [0.3, 0.4) is 0 Å². The van der Waals surface area contributed by atoms with Gasteiger partial charge in [-0.3, -0.25) is 9.78 Å². The Kier molecular flexibility index (Phi) is 9.56. The molecule has 0 bridgehead atoms. The third kappa shape index (κ3) is 6.83. The zero-order valence-corrected chi connectivity index (χ0v) is 13.0. The van der Waals surface area contributed by atoms with Crippen LogP contribution in [0, 0.1) is 0 Å². The van der Waals surface area contributed by atoms with Crippen LogP contribution in [0.5, 0.6) is 0 Å². The first kappa shape index (κ1) is 17.5. The highest BCUT2D eigenvalue weighted by atomic mass is 31.0. The van der Waals surface area contributed by atoms with E-state index in [0.29, 0.717) is 12.0 Å². The van der Waals surface area contributed by atoms with E-state index in [1.54, 1.807) is 12.4 Å². The maximum atomic E-state index is 10.8. The summed E-state index contributed by atoms with van der Waals surface area (Å²) in [6, 6.07) is 1.85. The fourth-order valence-electron chi connectivity index (χ4n) is 1.47. The van der Waals surface area contributed by atoms with Crippen molar-refractivity contribution in [1.29, 1.82) is 0 Å². The van der Waals surface area contributed by atoms with Crippen molar-refractivity contribution < 1.29 is 4.79 Å². The van der Waals surface area contributed by atoms with Crippen LogP contribution in [0.4, 0.5) is 0 Å². The monoisotopic (exact) mass is 275 g/mol. The lowest BCUT2D eigenvalue weighted by Crippen LogP contribution is -1.95. The predicted molar refractivity (Wildman–Crippen MR) is 86.4 cm³/mol. The highest BCUT2D eigenvalue weighted by Crippen LogP contribution is 2.15. The molecule has 19 heavy (non-hydrogen) atoms. The molecule has 1 atom stereocenters. The third-order valence-corrected chi connectivity index (χ3v) is 2.58. The smallest absolute Gasteiger partial charge is 0.151 e. The lowest BCUT2D eigenvalue weighted by Gasteiger charge is -2.04. The van der Waals surface area contributed by atoms with Gasteiger partial charge < -0.3 is 0 Å². The van der Waals surface area contributed by atoms with E-state index in [0.717, 1.165) is 22.7 Å². The molecule has 0 fully saturated rings. The van der Waals surface area contributed by atoms with E-state index in [1.165, 1.54) is 0 Å². The van der Waals surface area contributed by atoms with Crippen molar-refractivity contribution in [3.05, 3.63) is 65.3 Å². The second-order valence-corrected chi connectivity index (χ2v) is 4.34. The summed E-state index contributed by atoms with van der Waals surface area (Å²) in [5.41, 5.74) is 2.54. The number of rotatable bonds is 5. The minimum Gasteiger partial charge on any atom is -0.298 e. The fraction of sp³-hybridized carbons (Fsp3) is 0.250. The quantitative estimate of drug-likeness (QED) is 0.454. The number of hydrogen-bond acceptors (Lipinski definition) is 2. The van der Waals surface area contributed by atoms with Crippen LogP contribution >= 0.6 is 9.24 Å². The number of carbonyl (C=O) groups excluding carboxylic acids is 1. The zero-order valence-electron chi connectivity index (χ0n) is 11.9. The van der Waals surface area contributed by atoms with Gasteiger partial charge in [0.05, 0.1) is 0 Å². The molecular formula is C16H22NOP. The third-order valence-electron chi connectivity index (χ3n) is 2.22. The van der Waals surface area contributed by atoms with Gasteiger partial charge in [0.2, 0.25) is 0 Å². The Bertz CT molecular complexity index is 475. The molecule has 0 aliphatic carbocycles. The van der Waals surface area contributed by atoms with Gasteiger partial charge in [-0.15, -0.1) is 9.24 Å². The molecule has 0 N–H and O–H groups in total. The van der Waals surface area contributed by atoms with Gasteiger partial charge in [0, 0.05) is 18.0 Å². The van der Waals surface area contributed by atoms with Crippen molar-refractivity contribution in [1.82, 2.24) is 4.98 Å². The summed E-state index contributed by atoms with van der Waals surface area (Å²) in [4.78, 5) is 14.8. The highest BCUT2D eigenvalue weighted by Gasteiger charge is 2.02. The van der Waals surface area contributed by atoms with E-state index < -0.39 is 0 Å². The summed E-state index contributed by atoms with van der Waals surface area (Å²) in [5.74, 6) is 0. The van der Waals surface area contributed by atoms with Gasteiger partial charge in [-0.25, -0.2) is 0 Å². The number of allylic oxidation sites excluding steroid dienone is 5. The molecule has 1 rings (SSSR count). The molecule has 0 spiro atoms. The molecule has 102 valence electrons. The summed E-state index contributed by atoms with van der Waals surface area (Å²) in [5, 5.41) is 1.07. The van der Waals surface area contributed by atoms with Crippen LogP contribution in [0.15, 0.2) is 54.2 Å². The van der Waals surface area contributed by atoms with Crippen molar-refractivity contribution in [2.75, 3.05) is 0 Å². The lowest BCUT2D eigenvalue weighted by molar-refractivity contribution is 0.112. The summed E-state index contributed by atoms with van der Waals surface area (Å²) in [6.45, 7) is 9.95. The van der Waals surface area contributed by atoms with E-state index >= 15 is 0 Å². The van der Waals surface area contributed by atoms with E-state index in [9.17, 15) is 4.79 Å². The molecule has 0 radical (unpaired) electrons. The molecule has 0 aliphatic heterocycles. The second-order valence-electron chi connectivity index (χ2n) is 3.67. The Morgan fingerprint density at radius 2 is 2.16 bits per heavy atom. The van der Waals surface area contributed by atoms with E-state index in [1.807, 2.05) is 45.1 Å². The van der Waals surface area contributed by atoms with Crippen molar-refractivity contribution in [2.45, 2.75) is 27.2 Å². The summed E-state index contributed by atoms with van der Waals surface area (Å²) in [7, 11) is 2.65. The standard InChI is InChI=1S/C14H16NOP.C2H6/c1-3-4-14(17)8-11(2)7-12-5-6-15-9-13(12)10-16;1-2/h3-6,8-10H,2,7,17H2,1H3;1-2H3/b4-3-,14-8+;. The molecule has 1 aromatic heterocycles. The molecule has 0 amide bonds. The van der Waals surface area contributed by atoms with Gasteiger partial charge in [-0.2, -0.15) is 0 Å². The average molecular weight is 275 g/mol. The molecule has 1 heterocycles. The Morgan fingerprint density at radius 3 is 2.74 bits per heavy atom. The first-order valence-corrected chi connectivity index (χ1v) is 6.90. The number of hydrogen-bond donors (Lipinski definition) is 0. The topological polar surface area (TPSA) is 30.0 Å². The van der Waals surface area contributed by atoms with Crippen LogP contribution in [0.2, 0.25) is 0 Å². The summed E-state index contributed by atoms with van der Waals surface area (Å²) in [6.07, 6.45) is 10.7. The Balaban J connectivity index is 0.00000154. The van der Waals surface area contributed by atoms with E-state index in [-0.39, 0.29) is 0 Å². The van der Waals surface area contributed by atoms with Crippen LogP contribution in [-0.2, 0) is 6.42 Å². The van der Waals surface area contributed by atoms with Gasteiger partial charge in [-0.05, 0) is 30.3 Å². The average Bonchev–Trinajstić information content (AvgIpc) is 2.41. The Labute approximate surface area is 118 Å². The number of pyridine rings is 1. The molecule has 0 saturated heterocycles. The van der Waals surface area contributed by atoms with Crippen LogP contribution in [-0.4, -0.2) is 11.3 Å². The van der Waals surface area contributed by atoms with E-state index in [2.05, 4.69) is 20.8 Å². The SMILES string of the molecule is C=C(/C=C(P)\C=C/C)Cc1ccncc1C=O.CC. The van der Waals surface area contributed by atoms with Crippen molar-refractivity contribution in [3.63, 3.8) is 0 Å². The molecule has 1 aromatic rings. The van der Waals surface area contributed by atoms with E-state index in [4.69, 9.17) is 0 Å². The van der Waals surface area contributed by atoms with Crippen molar-refractivity contribution in [2.24, 2.45) is 0 Å². The number of aldehydes is 1. The normalized spacial score (nSPS) is 10.8. The van der Waals surface area contributed by atoms with Gasteiger partial charge >= 0.3 is 0 Å². The molecule has 0 aromatic carbocycles. The largest absolute Gasteiger partial charge is 0.298 e. The van der Waals surface area contributed by atoms with Gasteiger partial charge in [0.1, 0.15) is 0 Å². The number of nitrogens with zero attached hydrogens (tertiary/aromatic N) is 1. The van der Waals surface area contributed by atoms with Crippen molar-refractivity contribution in [3.8, 4) is 0 Å². The van der Waals surface area contributed by atoms with Gasteiger partial charge in [-0.1, -0.05) is 44.2 Å².